The number of nitrogens with zero attached hydrogens (tertiary/aromatic N) is 4. The molecule has 1 aromatic heterocycles. The first-order valence-electron chi connectivity index (χ1n) is 10.2. The third-order valence-electron chi connectivity index (χ3n) is 5.14. The summed E-state index contributed by atoms with van der Waals surface area (Å²) in [5, 5.41) is 12.1. The number of para-hydroxylation sites is 1. The summed E-state index contributed by atoms with van der Waals surface area (Å²) in [5.74, 6) is 0.584. The zero-order valence-electron chi connectivity index (χ0n) is 17.8. The second-order valence-electron chi connectivity index (χ2n) is 8.37. The van der Waals surface area contributed by atoms with Crippen LogP contribution in [-0.2, 0) is 10.2 Å². The lowest BCUT2D eigenvalue weighted by molar-refractivity contribution is -0.124. The van der Waals surface area contributed by atoms with E-state index in [2.05, 4.69) is 60.6 Å². The van der Waals surface area contributed by atoms with Gasteiger partial charge in [0, 0.05) is 24.3 Å². The van der Waals surface area contributed by atoms with Crippen molar-refractivity contribution in [2.75, 3.05) is 18.8 Å². The van der Waals surface area contributed by atoms with Crippen molar-refractivity contribution in [2.45, 2.75) is 31.3 Å². The van der Waals surface area contributed by atoms with E-state index in [4.69, 9.17) is 0 Å². The monoisotopic (exact) mass is 435 g/mol. The predicted octanol–water partition coefficient (Wildman–Crippen LogP) is 3.88. The molecule has 31 heavy (non-hydrogen) atoms. The number of hydrogen-bond donors (Lipinski definition) is 1. The van der Waals surface area contributed by atoms with Gasteiger partial charge in [-0.25, -0.2) is 4.79 Å². The molecule has 4 rings (SSSR count). The van der Waals surface area contributed by atoms with Gasteiger partial charge < -0.3 is 5.32 Å². The third kappa shape index (κ3) is 4.49. The molecule has 7 nitrogen and oxygen atoms in total. The van der Waals surface area contributed by atoms with E-state index in [0.717, 1.165) is 11.3 Å². The van der Waals surface area contributed by atoms with Gasteiger partial charge in [0.25, 0.3) is 0 Å². The molecule has 1 aliphatic rings. The maximum absolute atomic E-state index is 12.5. The number of imide groups is 1. The summed E-state index contributed by atoms with van der Waals surface area (Å²) in [6.45, 7) is 7.43. The van der Waals surface area contributed by atoms with Gasteiger partial charge in [-0.05, 0) is 23.1 Å². The van der Waals surface area contributed by atoms with E-state index < -0.39 is 0 Å². The summed E-state index contributed by atoms with van der Waals surface area (Å²) in [6, 6.07) is 17.8. The van der Waals surface area contributed by atoms with E-state index in [1.54, 1.807) is 0 Å². The molecule has 3 aromatic rings. The summed E-state index contributed by atoms with van der Waals surface area (Å²) in [5.41, 5.74) is 3.17. The number of rotatable bonds is 5. The highest BCUT2D eigenvalue weighted by Crippen LogP contribution is 2.30. The number of amides is 3. The summed E-state index contributed by atoms with van der Waals surface area (Å²) < 4.78 is 1.95. The van der Waals surface area contributed by atoms with Gasteiger partial charge in [-0.1, -0.05) is 75.0 Å². The highest BCUT2D eigenvalue weighted by molar-refractivity contribution is 7.99. The van der Waals surface area contributed by atoms with Crippen LogP contribution in [0.3, 0.4) is 0 Å². The minimum Gasteiger partial charge on any atom is -0.336 e. The average Bonchev–Trinajstić information content (AvgIpc) is 3.38. The quantitative estimate of drug-likeness (QED) is 0.616. The molecule has 1 fully saturated rings. The zero-order chi connectivity index (χ0) is 22.0. The SMILES string of the molecule is CC(C)(C)c1ccc(-c2nnc(SCC(=O)N3CCNC3=O)n2-c2ccccc2)cc1. The van der Waals surface area contributed by atoms with Gasteiger partial charge >= 0.3 is 6.03 Å². The van der Waals surface area contributed by atoms with Crippen LogP contribution in [-0.4, -0.2) is 50.4 Å². The Morgan fingerprint density at radius 2 is 1.77 bits per heavy atom. The van der Waals surface area contributed by atoms with E-state index in [0.29, 0.717) is 24.1 Å². The molecule has 0 bridgehead atoms. The van der Waals surface area contributed by atoms with Crippen LogP contribution in [0.1, 0.15) is 26.3 Å². The standard InChI is InChI=1S/C23H25N5O2S/c1-23(2,3)17-11-9-16(10-12-17)20-25-26-22(28(20)18-7-5-4-6-8-18)31-15-19(29)27-14-13-24-21(27)30/h4-12H,13-15H2,1-3H3,(H,24,30). The van der Waals surface area contributed by atoms with Crippen LogP contribution in [0.15, 0.2) is 59.8 Å². The Kier molecular flexibility index (Phi) is 5.82. The van der Waals surface area contributed by atoms with Crippen molar-refractivity contribution < 1.29 is 9.59 Å². The van der Waals surface area contributed by atoms with Gasteiger partial charge in [-0.3, -0.25) is 14.3 Å². The van der Waals surface area contributed by atoms with Crippen LogP contribution in [0.5, 0.6) is 0 Å². The van der Waals surface area contributed by atoms with Crippen molar-refractivity contribution in [1.82, 2.24) is 25.0 Å². The largest absolute Gasteiger partial charge is 0.336 e. The van der Waals surface area contributed by atoms with Gasteiger partial charge in [0.2, 0.25) is 5.91 Å². The first-order valence-corrected chi connectivity index (χ1v) is 11.2. The molecular formula is C23H25N5O2S. The number of carbonyl (C=O) groups excluding carboxylic acids is 2. The summed E-state index contributed by atoms with van der Waals surface area (Å²) in [6.07, 6.45) is 0. The number of benzene rings is 2. The number of carbonyl (C=O) groups is 2. The molecule has 0 aliphatic carbocycles. The summed E-state index contributed by atoms with van der Waals surface area (Å²) in [7, 11) is 0. The predicted molar refractivity (Wildman–Crippen MR) is 121 cm³/mol. The molecule has 0 saturated carbocycles. The Morgan fingerprint density at radius 3 is 2.39 bits per heavy atom. The molecule has 0 unspecified atom stereocenters. The second kappa shape index (κ2) is 8.55. The Hall–Kier alpha value is -3.13. The van der Waals surface area contributed by atoms with Gasteiger partial charge in [0.1, 0.15) is 0 Å². The highest BCUT2D eigenvalue weighted by atomic mass is 32.2. The van der Waals surface area contributed by atoms with Crippen LogP contribution < -0.4 is 5.32 Å². The summed E-state index contributed by atoms with van der Waals surface area (Å²) >= 11 is 1.28. The average molecular weight is 436 g/mol. The van der Waals surface area contributed by atoms with Crippen LogP contribution in [0.2, 0.25) is 0 Å². The molecule has 3 amide bonds. The van der Waals surface area contributed by atoms with Gasteiger partial charge in [-0.2, -0.15) is 0 Å². The number of urea groups is 1. The van der Waals surface area contributed by atoms with Crippen molar-refractivity contribution in [3.05, 3.63) is 60.2 Å². The van der Waals surface area contributed by atoms with Crippen LogP contribution >= 0.6 is 11.8 Å². The molecule has 1 N–H and O–H groups in total. The molecule has 1 aliphatic heterocycles. The molecule has 160 valence electrons. The lowest BCUT2D eigenvalue weighted by Crippen LogP contribution is -2.35. The topological polar surface area (TPSA) is 80.1 Å². The minimum atomic E-state index is -0.338. The molecule has 0 radical (unpaired) electrons. The Morgan fingerprint density at radius 1 is 1.06 bits per heavy atom. The number of aromatic nitrogens is 3. The van der Waals surface area contributed by atoms with E-state index in [-0.39, 0.29) is 23.1 Å². The Labute approximate surface area is 185 Å². The van der Waals surface area contributed by atoms with Crippen molar-refractivity contribution in [3.8, 4) is 17.1 Å². The third-order valence-corrected chi connectivity index (χ3v) is 6.05. The maximum Gasteiger partial charge on any atom is 0.324 e. The molecular weight excluding hydrogens is 410 g/mol. The van der Waals surface area contributed by atoms with E-state index in [1.165, 1.54) is 22.2 Å². The highest BCUT2D eigenvalue weighted by Gasteiger charge is 2.27. The Balaban J connectivity index is 1.65. The van der Waals surface area contributed by atoms with Crippen LogP contribution in [0, 0.1) is 0 Å². The van der Waals surface area contributed by atoms with Gasteiger partial charge in [0.15, 0.2) is 11.0 Å². The number of nitrogens with one attached hydrogen (secondary N) is 1. The summed E-state index contributed by atoms with van der Waals surface area (Å²) in [4.78, 5) is 25.5. The van der Waals surface area contributed by atoms with Crippen molar-refractivity contribution in [3.63, 3.8) is 0 Å². The van der Waals surface area contributed by atoms with Crippen LogP contribution in [0.25, 0.3) is 17.1 Å². The van der Waals surface area contributed by atoms with Gasteiger partial charge in [-0.15, -0.1) is 10.2 Å². The molecule has 1 saturated heterocycles. The first kappa shape index (κ1) is 21.1. The molecule has 8 heteroatoms. The normalized spacial score (nSPS) is 14.0. The maximum atomic E-state index is 12.5. The number of thioether (sulfide) groups is 1. The molecule has 0 atom stereocenters. The molecule has 2 aromatic carbocycles. The Bertz CT molecular complexity index is 1090. The second-order valence-corrected chi connectivity index (χ2v) is 9.31. The fraction of sp³-hybridized carbons (Fsp3) is 0.304. The first-order chi connectivity index (χ1) is 14.8. The van der Waals surface area contributed by atoms with E-state index in [9.17, 15) is 9.59 Å². The van der Waals surface area contributed by atoms with E-state index in [1.807, 2.05) is 34.9 Å². The van der Waals surface area contributed by atoms with Crippen LogP contribution in [0.4, 0.5) is 4.79 Å². The lowest BCUT2D eigenvalue weighted by Gasteiger charge is -2.19. The number of hydrogen-bond acceptors (Lipinski definition) is 5. The van der Waals surface area contributed by atoms with Crippen molar-refractivity contribution >= 4 is 23.7 Å². The molecule has 2 heterocycles. The molecule has 0 spiro atoms. The zero-order valence-corrected chi connectivity index (χ0v) is 18.6. The van der Waals surface area contributed by atoms with Crippen molar-refractivity contribution in [2.24, 2.45) is 0 Å². The van der Waals surface area contributed by atoms with Gasteiger partial charge in [0.05, 0.1) is 5.75 Å². The smallest absolute Gasteiger partial charge is 0.324 e. The van der Waals surface area contributed by atoms with Crippen molar-refractivity contribution in [1.29, 1.82) is 0 Å². The fourth-order valence-corrected chi connectivity index (χ4v) is 4.22. The minimum absolute atomic E-state index is 0.0644. The van der Waals surface area contributed by atoms with E-state index >= 15 is 0 Å². The lowest BCUT2D eigenvalue weighted by atomic mass is 9.87. The fourth-order valence-electron chi connectivity index (χ4n) is 3.39.